The van der Waals surface area contributed by atoms with Crippen LogP contribution >= 0.6 is 0 Å². The van der Waals surface area contributed by atoms with Crippen LogP contribution in [0.1, 0.15) is 47.0 Å². The van der Waals surface area contributed by atoms with Crippen LogP contribution < -0.4 is 5.32 Å². The lowest BCUT2D eigenvalue weighted by molar-refractivity contribution is 0.501. The Kier molecular flexibility index (Phi) is 5.87. The van der Waals surface area contributed by atoms with Crippen LogP contribution in [0.4, 0.5) is 0 Å². The summed E-state index contributed by atoms with van der Waals surface area (Å²) in [4.78, 5) is 0. The summed E-state index contributed by atoms with van der Waals surface area (Å²) < 4.78 is 0. The zero-order valence-electron chi connectivity index (χ0n) is 8.98. The lowest BCUT2D eigenvalue weighted by atomic mass is 10.1. The molecule has 0 aromatic carbocycles. The van der Waals surface area contributed by atoms with Gasteiger partial charge in [0.05, 0.1) is 0 Å². The van der Waals surface area contributed by atoms with E-state index in [1.807, 2.05) is 0 Å². The molecule has 1 N–H and O–H groups in total. The fraction of sp³-hybridized carbons (Fsp3) is 0.818. The molecule has 0 aliphatic rings. The van der Waals surface area contributed by atoms with Gasteiger partial charge in [0.2, 0.25) is 0 Å². The molecular formula is C11H23N. The van der Waals surface area contributed by atoms with Crippen LogP contribution in [0.25, 0.3) is 0 Å². The second-order valence-electron chi connectivity index (χ2n) is 3.86. The van der Waals surface area contributed by atoms with Crippen molar-refractivity contribution in [3.05, 3.63) is 12.3 Å². The average molecular weight is 169 g/mol. The third-order valence-corrected chi connectivity index (χ3v) is 2.05. The number of allylic oxidation sites excluding steroid dienone is 1. The minimum atomic E-state index is 0.622. The number of nitrogens with one attached hydrogen (secondary N) is 1. The Hall–Kier alpha value is -0.460. The Bertz CT molecular complexity index is 123. The molecule has 0 aromatic rings. The van der Waals surface area contributed by atoms with Gasteiger partial charge < -0.3 is 5.32 Å². The zero-order chi connectivity index (χ0) is 9.56. The Labute approximate surface area is 77.2 Å². The van der Waals surface area contributed by atoms with Crippen molar-refractivity contribution >= 4 is 0 Å². The van der Waals surface area contributed by atoms with Crippen LogP contribution in [0.2, 0.25) is 0 Å². The Balaban J connectivity index is 3.66. The van der Waals surface area contributed by atoms with Gasteiger partial charge in [-0.15, -0.1) is 0 Å². The van der Waals surface area contributed by atoms with Crippen molar-refractivity contribution < 1.29 is 0 Å². The van der Waals surface area contributed by atoms with Crippen LogP contribution in [0.3, 0.4) is 0 Å². The first kappa shape index (κ1) is 11.5. The number of hydrogen-bond donors (Lipinski definition) is 1. The van der Waals surface area contributed by atoms with Crippen molar-refractivity contribution in [2.75, 3.05) is 0 Å². The molecule has 0 aliphatic carbocycles. The molecule has 0 saturated carbocycles. The first-order chi connectivity index (χ1) is 5.60. The minimum Gasteiger partial charge on any atom is -0.386 e. The van der Waals surface area contributed by atoms with Gasteiger partial charge in [0.25, 0.3) is 0 Å². The predicted octanol–water partition coefficient (Wildman–Crippen LogP) is 3.32. The van der Waals surface area contributed by atoms with E-state index < -0.39 is 0 Å². The Morgan fingerprint density at radius 2 is 1.75 bits per heavy atom. The fourth-order valence-electron chi connectivity index (χ4n) is 1.33. The highest BCUT2D eigenvalue weighted by Gasteiger charge is 2.04. The van der Waals surface area contributed by atoms with Gasteiger partial charge in [0.15, 0.2) is 0 Å². The first-order valence-electron chi connectivity index (χ1n) is 5.04. The maximum atomic E-state index is 4.02. The van der Waals surface area contributed by atoms with Crippen molar-refractivity contribution in [2.24, 2.45) is 5.92 Å². The van der Waals surface area contributed by atoms with Gasteiger partial charge in [-0.2, -0.15) is 0 Å². The number of hydrogen-bond acceptors (Lipinski definition) is 1. The minimum absolute atomic E-state index is 0.622. The molecule has 0 aromatic heterocycles. The van der Waals surface area contributed by atoms with Crippen LogP contribution in [0.15, 0.2) is 12.3 Å². The quantitative estimate of drug-likeness (QED) is 0.643. The molecule has 0 fully saturated rings. The van der Waals surface area contributed by atoms with Crippen LogP contribution in [-0.2, 0) is 0 Å². The normalized spacial score (nSPS) is 10.8. The maximum absolute atomic E-state index is 4.02. The lowest BCUT2D eigenvalue weighted by Crippen LogP contribution is -2.27. The standard InChI is InChI=1S/C11H23N/c1-6-11(7-2)12-10(5)8-9(3)4/h9,11-12H,5-8H2,1-4H3. The van der Waals surface area contributed by atoms with Crippen LogP contribution in [-0.4, -0.2) is 6.04 Å². The van der Waals surface area contributed by atoms with Gasteiger partial charge >= 0.3 is 0 Å². The summed E-state index contributed by atoms with van der Waals surface area (Å²) in [6.45, 7) is 12.9. The van der Waals surface area contributed by atoms with Gasteiger partial charge in [-0.25, -0.2) is 0 Å². The van der Waals surface area contributed by atoms with Crippen LogP contribution in [0.5, 0.6) is 0 Å². The van der Waals surface area contributed by atoms with Gasteiger partial charge in [0, 0.05) is 11.7 Å². The molecule has 0 rings (SSSR count). The van der Waals surface area contributed by atoms with Crippen molar-refractivity contribution in [1.29, 1.82) is 0 Å². The summed E-state index contributed by atoms with van der Waals surface area (Å²) in [5.41, 5.74) is 1.19. The first-order valence-corrected chi connectivity index (χ1v) is 5.04. The van der Waals surface area contributed by atoms with Crippen molar-refractivity contribution in [1.82, 2.24) is 5.32 Å². The van der Waals surface area contributed by atoms with E-state index in [9.17, 15) is 0 Å². The Morgan fingerprint density at radius 1 is 1.25 bits per heavy atom. The summed E-state index contributed by atoms with van der Waals surface area (Å²) >= 11 is 0. The monoisotopic (exact) mass is 169 g/mol. The summed E-state index contributed by atoms with van der Waals surface area (Å²) in [7, 11) is 0. The second kappa shape index (κ2) is 6.10. The molecule has 0 spiro atoms. The highest BCUT2D eigenvalue weighted by atomic mass is 14.9. The largest absolute Gasteiger partial charge is 0.386 e. The van der Waals surface area contributed by atoms with Gasteiger partial charge in [-0.1, -0.05) is 34.3 Å². The molecule has 0 amide bonds. The number of rotatable bonds is 6. The summed E-state index contributed by atoms with van der Waals surface area (Å²) in [5, 5.41) is 3.45. The highest BCUT2D eigenvalue weighted by Crippen LogP contribution is 2.08. The smallest absolute Gasteiger partial charge is 0.0252 e. The van der Waals surface area contributed by atoms with E-state index >= 15 is 0 Å². The highest BCUT2D eigenvalue weighted by molar-refractivity contribution is 4.94. The molecule has 0 heterocycles. The summed E-state index contributed by atoms with van der Waals surface area (Å²) in [6, 6.07) is 0.622. The SMILES string of the molecule is C=C(CC(C)C)NC(CC)CC. The maximum Gasteiger partial charge on any atom is 0.0252 e. The van der Waals surface area contributed by atoms with E-state index in [4.69, 9.17) is 0 Å². The second-order valence-corrected chi connectivity index (χ2v) is 3.86. The van der Waals surface area contributed by atoms with E-state index in [-0.39, 0.29) is 0 Å². The average Bonchev–Trinajstić information content (AvgIpc) is 1.98. The summed E-state index contributed by atoms with van der Waals surface area (Å²) in [5.74, 6) is 0.708. The van der Waals surface area contributed by atoms with E-state index in [0.717, 1.165) is 6.42 Å². The van der Waals surface area contributed by atoms with Gasteiger partial charge in [-0.05, 0) is 25.2 Å². The topological polar surface area (TPSA) is 12.0 Å². The molecule has 72 valence electrons. The third-order valence-electron chi connectivity index (χ3n) is 2.05. The van der Waals surface area contributed by atoms with E-state index in [2.05, 4.69) is 39.6 Å². The molecule has 1 nitrogen and oxygen atoms in total. The van der Waals surface area contributed by atoms with Crippen molar-refractivity contribution in [3.8, 4) is 0 Å². The molecular weight excluding hydrogens is 146 g/mol. The molecule has 0 unspecified atom stereocenters. The van der Waals surface area contributed by atoms with Gasteiger partial charge in [0.1, 0.15) is 0 Å². The molecule has 12 heavy (non-hydrogen) atoms. The molecule has 0 bridgehead atoms. The zero-order valence-corrected chi connectivity index (χ0v) is 8.98. The molecule has 0 aliphatic heterocycles. The Morgan fingerprint density at radius 3 is 2.08 bits per heavy atom. The van der Waals surface area contributed by atoms with E-state index in [1.54, 1.807) is 0 Å². The third kappa shape index (κ3) is 5.22. The predicted molar refractivity (Wildman–Crippen MR) is 56.1 cm³/mol. The molecule has 0 atom stereocenters. The lowest BCUT2D eigenvalue weighted by Gasteiger charge is -2.19. The van der Waals surface area contributed by atoms with Crippen molar-refractivity contribution in [2.45, 2.75) is 53.0 Å². The van der Waals surface area contributed by atoms with Gasteiger partial charge in [-0.3, -0.25) is 0 Å². The van der Waals surface area contributed by atoms with Crippen molar-refractivity contribution in [3.63, 3.8) is 0 Å². The summed E-state index contributed by atoms with van der Waals surface area (Å²) in [6.07, 6.45) is 3.47. The van der Waals surface area contributed by atoms with Crippen LogP contribution in [0, 0.1) is 5.92 Å². The molecule has 0 saturated heterocycles. The van der Waals surface area contributed by atoms with E-state index in [1.165, 1.54) is 18.5 Å². The molecule has 1 heteroatoms. The molecule has 0 radical (unpaired) electrons. The van der Waals surface area contributed by atoms with E-state index in [0.29, 0.717) is 12.0 Å². The fourth-order valence-corrected chi connectivity index (χ4v) is 1.33.